The van der Waals surface area contributed by atoms with Crippen LogP contribution in [0.2, 0.25) is 0 Å². The molecular formula is C15H29NO2. The minimum Gasteiger partial charge on any atom is -0.378 e. The van der Waals surface area contributed by atoms with Gasteiger partial charge in [0, 0.05) is 19.4 Å². The van der Waals surface area contributed by atoms with Crippen molar-refractivity contribution in [1.29, 1.82) is 0 Å². The van der Waals surface area contributed by atoms with E-state index in [-0.39, 0.29) is 0 Å². The zero-order valence-corrected chi connectivity index (χ0v) is 12.0. The van der Waals surface area contributed by atoms with E-state index < -0.39 is 0 Å². The zero-order chi connectivity index (χ0) is 13.4. The molecule has 2 N–H and O–H groups in total. The first-order valence-corrected chi connectivity index (χ1v) is 7.45. The van der Waals surface area contributed by atoms with Crippen LogP contribution in [0, 0.1) is 11.8 Å². The van der Waals surface area contributed by atoms with Crippen molar-refractivity contribution in [2.75, 3.05) is 13.2 Å². The van der Waals surface area contributed by atoms with Gasteiger partial charge < -0.3 is 10.5 Å². The summed E-state index contributed by atoms with van der Waals surface area (Å²) in [6.45, 7) is 5.91. The van der Waals surface area contributed by atoms with Gasteiger partial charge in [0.05, 0.1) is 6.10 Å². The van der Waals surface area contributed by atoms with Gasteiger partial charge in [-0.05, 0) is 50.5 Å². The molecule has 1 heterocycles. The molecule has 1 saturated heterocycles. The lowest BCUT2D eigenvalue weighted by Crippen LogP contribution is -2.20. The topological polar surface area (TPSA) is 52.3 Å². The van der Waals surface area contributed by atoms with Crippen molar-refractivity contribution in [1.82, 2.24) is 0 Å². The molecule has 3 nitrogen and oxygen atoms in total. The Morgan fingerprint density at radius 2 is 2.22 bits per heavy atom. The lowest BCUT2D eigenvalue weighted by Gasteiger charge is -2.16. The van der Waals surface area contributed by atoms with Gasteiger partial charge >= 0.3 is 0 Å². The fourth-order valence-electron chi connectivity index (χ4n) is 2.75. The maximum atomic E-state index is 11.9. The Labute approximate surface area is 111 Å². The maximum Gasteiger partial charge on any atom is 0.133 e. The third-order valence-electron chi connectivity index (χ3n) is 3.66. The lowest BCUT2D eigenvalue weighted by molar-refractivity contribution is -0.120. The molecule has 2 atom stereocenters. The van der Waals surface area contributed by atoms with Gasteiger partial charge in [-0.1, -0.05) is 13.8 Å². The number of ketones is 1. The van der Waals surface area contributed by atoms with E-state index in [2.05, 4.69) is 13.8 Å². The summed E-state index contributed by atoms with van der Waals surface area (Å²) in [6.07, 6.45) is 7.22. The predicted molar refractivity (Wildman–Crippen MR) is 74.4 cm³/mol. The first-order valence-electron chi connectivity index (χ1n) is 7.45. The highest BCUT2D eigenvalue weighted by Gasteiger charge is 2.17. The normalized spacial score (nSPS) is 21.4. The molecule has 1 fully saturated rings. The van der Waals surface area contributed by atoms with Crippen molar-refractivity contribution in [2.45, 2.75) is 64.9 Å². The highest BCUT2D eigenvalue weighted by Crippen LogP contribution is 2.19. The van der Waals surface area contributed by atoms with Crippen molar-refractivity contribution in [3.63, 3.8) is 0 Å². The number of hydrogen-bond acceptors (Lipinski definition) is 3. The van der Waals surface area contributed by atoms with E-state index in [1.165, 1.54) is 12.8 Å². The summed E-state index contributed by atoms with van der Waals surface area (Å²) in [5.41, 5.74) is 5.73. The second kappa shape index (κ2) is 8.65. The largest absolute Gasteiger partial charge is 0.378 e. The predicted octanol–water partition coefficient (Wildman–Crippen LogP) is 2.92. The summed E-state index contributed by atoms with van der Waals surface area (Å²) in [4.78, 5) is 11.9. The minimum absolute atomic E-state index is 0.375. The molecule has 0 amide bonds. The minimum atomic E-state index is 0.375. The number of rotatable bonds is 9. The fraction of sp³-hybridized carbons (Fsp3) is 0.933. The van der Waals surface area contributed by atoms with Gasteiger partial charge in [-0.25, -0.2) is 0 Å². The number of Topliss-reactive ketones (excluding diaryl/α,β-unsaturated/α-hetero) is 1. The molecule has 1 rings (SSSR count). The highest BCUT2D eigenvalue weighted by atomic mass is 16.5. The first kappa shape index (κ1) is 15.6. The summed E-state index contributed by atoms with van der Waals surface area (Å²) in [5, 5.41) is 0. The van der Waals surface area contributed by atoms with Crippen LogP contribution in [0.25, 0.3) is 0 Å². The van der Waals surface area contributed by atoms with E-state index in [9.17, 15) is 4.79 Å². The standard InChI is InChI=1S/C15H29NO2/c1-12(2)9-13(11-16)10-14(17)5-3-6-15-7-4-8-18-15/h12-13,15H,3-11,16H2,1-2H3. The van der Waals surface area contributed by atoms with Crippen LogP contribution in [-0.4, -0.2) is 25.0 Å². The molecule has 2 unspecified atom stereocenters. The van der Waals surface area contributed by atoms with Gasteiger partial charge in [0.1, 0.15) is 5.78 Å². The number of carbonyl (C=O) groups excluding carboxylic acids is 1. The lowest BCUT2D eigenvalue weighted by atomic mass is 9.91. The Kier molecular flexibility index (Phi) is 7.52. The molecule has 0 aliphatic carbocycles. The molecule has 0 saturated carbocycles. The van der Waals surface area contributed by atoms with E-state index in [1.807, 2.05) is 0 Å². The van der Waals surface area contributed by atoms with Crippen LogP contribution in [-0.2, 0) is 9.53 Å². The maximum absolute atomic E-state index is 11.9. The van der Waals surface area contributed by atoms with Gasteiger partial charge in [0.2, 0.25) is 0 Å². The van der Waals surface area contributed by atoms with Gasteiger partial charge in [0.25, 0.3) is 0 Å². The average Bonchev–Trinajstić information content (AvgIpc) is 2.80. The first-order chi connectivity index (χ1) is 8.61. The SMILES string of the molecule is CC(C)CC(CN)CC(=O)CCCC1CCCO1. The van der Waals surface area contributed by atoms with Crippen LogP contribution in [0.3, 0.4) is 0 Å². The molecule has 18 heavy (non-hydrogen) atoms. The Hall–Kier alpha value is -0.410. The number of nitrogens with two attached hydrogens (primary N) is 1. The van der Waals surface area contributed by atoms with E-state index in [4.69, 9.17) is 10.5 Å². The molecule has 0 aromatic rings. The van der Waals surface area contributed by atoms with Crippen LogP contribution >= 0.6 is 0 Å². The summed E-state index contributed by atoms with van der Waals surface area (Å²) in [7, 11) is 0. The van der Waals surface area contributed by atoms with E-state index >= 15 is 0 Å². The molecule has 106 valence electrons. The third kappa shape index (κ3) is 6.50. The average molecular weight is 255 g/mol. The summed E-state index contributed by atoms with van der Waals surface area (Å²) < 4.78 is 5.56. The van der Waals surface area contributed by atoms with E-state index in [0.29, 0.717) is 43.1 Å². The van der Waals surface area contributed by atoms with Crippen LogP contribution in [0.5, 0.6) is 0 Å². The molecule has 0 bridgehead atoms. The summed E-state index contributed by atoms with van der Waals surface area (Å²) in [5.74, 6) is 1.38. The zero-order valence-electron chi connectivity index (χ0n) is 12.0. The highest BCUT2D eigenvalue weighted by molar-refractivity contribution is 5.78. The number of hydrogen-bond donors (Lipinski definition) is 1. The molecule has 3 heteroatoms. The van der Waals surface area contributed by atoms with E-state index in [0.717, 1.165) is 25.9 Å². The fourth-order valence-corrected chi connectivity index (χ4v) is 2.75. The van der Waals surface area contributed by atoms with Crippen LogP contribution in [0.15, 0.2) is 0 Å². The van der Waals surface area contributed by atoms with Crippen LogP contribution < -0.4 is 5.73 Å². The Morgan fingerprint density at radius 1 is 1.44 bits per heavy atom. The van der Waals surface area contributed by atoms with Crippen molar-refractivity contribution in [3.8, 4) is 0 Å². The second-order valence-electron chi connectivity index (χ2n) is 6.00. The van der Waals surface area contributed by atoms with Crippen LogP contribution in [0.4, 0.5) is 0 Å². The van der Waals surface area contributed by atoms with E-state index in [1.54, 1.807) is 0 Å². The molecule has 0 spiro atoms. The molecule has 0 aromatic heterocycles. The van der Waals surface area contributed by atoms with Gasteiger partial charge in [0.15, 0.2) is 0 Å². The number of ether oxygens (including phenoxy) is 1. The van der Waals surface area contributed by atoms with Gasteiger partial charge in [-0.3, -0.25) is 4.79 Å². The third-order valence-corrected chi connectivity index (χ3v) is 3.66. The van der Waals surface area contributed by atoms with Crippen molar-refractivity contribution < 1.29 is 9.53 Å². The van der Waals surface area contributed by atoms with Crippen molar-refractivity contribution >= 4 is 5.78 Å². The molecule has 1 aliphatic rings. The monoisotopic (exact) mass is 255 g/mol. The van der Waals surface area contributed by atoms with Gasteiger partial charge in [-0.15, -0.1) is 0 Å². The molecular weight excluding hydrogens is 226 g/mol. The van der Waals surface area contributed by atoms with Crippen LogP contribution in [0.1, 0.15) is 58.8 Å². The summed E-state index contributed by atoms with van der Waals surface area (Å²) >= 11 is 0. The second-order valence-corrected chi connectivity index (χ2v) is 6.00. The molecule has 1 aliphatic heterocycles. The summed E-state index contributed by atoms with van der Waals surface area (Å²) in [6, 6.07) is 0. The molecule has 0 aromatic carbocycles. The van der Waals surface area contributed by atoms with Gasteiger partial charge in [-0.2, -0.15) is 0 Å². The molecule has 0 radical (unpaired) electrons. The van der Waals surface area contributed by atoms with Crippen molar-refractivity contribution in [3.05, 3.63) is 0 Å². The Bertz CT molecular complexity index is 235. The number of carbonyl (C=O) groups is 1. The Morgan fingerprint density at radius 3 is 2.78 bits per heavy atom. The quantitative estimate of drug-likeness (QED) is 0.689. The smallest absolute Gasteiger partial charge is 0.133 e. The Balaban J connectivity index is 2.11. The van der Waals surface area contributed by atoms with Crippen molar-refractivity contribution in [2.24, 2.45) is 17.6 Å².